The maximum atomic E-state index is 12.2. The number of benzene rings is 1. The van der Waals surface area contributed by atoms with E-state index in [4.69, 9.17) is 14.2 Å². The van der Waals surface area contributed by atoms with E-state index >= 15 is 0 Å². The van der Waals surface area contributed by atoms with Crippen LogP contribution in [0.4, 0.5) is 4.79 Å². The molecule has 6 nitrogen and oxygen atoms in total. The Hall–Kier alpha value is -1.95. The number of hydrogen-bond donors (Lipinski definition) is 1. The first-order chi connectivity index (χ1) is 11.3. The number of ether oxygens (including phenoxy) is 3. The van der Waals surface area contributed by atoms with Crippen molar-refractivity contribution in [2.75, 3.05) is 33.9 Å². The largest absolute Gasteiger partial charge is 0.493 e. The van der Waals surface area contributed by atoms with Crippen molar-refractivity contribution in [3.8, 4) is 11.5 Å². The molecule has 1 aromatic carbocycles. The van der Waals surface area contributed by atoms with Gasteiger partial charge in [0.25, 0.3) is 0 Å². The van der Waals surface area contributed by atoms with Crippen LogP contribution in [0.25, 0.3) is 0 Å². The molecule has 1 heterocycles. The van der Waals surface area contributed by atoms with E-state index in [9.17, 15) is 4.79 Å². The highest BCUT2D eigenvalue weighted by Gasteiger charge is 2.27. The first kappa shape index (κ1) is 18.4. The van der Waals surface area contributed by atoms with Crippen molar-refractivity contribution >= 4 is 6.09 Å². The SMILES string of the molecule is COc1ccc(C[C@@H]2CN(C(=O)OC(C)(C)C)CCN2)cc1OC. The van der Waals surface area contributed by atoms with E-state index < -0.39 is 5.60 Å². The smallest absolute Gasteiger partial charge is 0.410 e. The highest BCUT2D eigenvalue weighted by molar-refractivity contribution is 5.68. The van der Waals surface area contributed by atoms with E-state index in [-0.39, 0.29) is 12.1 Å². The molecular weight excluding hydrogens is 308 g/mol. The van der Waals surface area contributed by atoms with E-state index in [1.807, 2.05) is 39.0 Å². The molecule has 134 valence electrons. The Labute approximate surface area is 144 Å². The molecule has 1 atom stereocenters. The van der Waals surface area contributed by atoms with Crippen LogP contribution in [0.1, 0.15) is 26.3 Å². The van der Waals surface area contributed by atoms with Crippen LogP contribution in [0.5, 0.6) is 11.5 Å². The van der Waals surface area contributed by atoms with Crippen molar-refractivity contribution < 1.29 is 19.0 Å². The molecule has 6 heteroatoms. The van der Waals surface area contributed by atoms with Crippen LogP contribution in [-0.4, -0.2) is 56.5 Å². The maximum absolute atomic E-state index is 12.2. The summed E-state index contributed by atoms with van der Waals surface area (Å²) in [7, 11) is 3.25. The number of nitrogens with zero attached hydrogens (tertiary/aromatic N) is 1. The Kier molecular flexibility index (Phi) is 5.94. The van der Waals surface area contributed by atoms with Gasteiger partial charge in [0.2, 0.25) is 0 Å². The summed E-state index contributed by atoms with van der Waals surface area (Å²) in [5.74, 6) is 1.43. The van der Waals surface area contributed by atoms with Gasteiger partial charge >= 0.3 is 6.09 Å². The third-order valence-electron chi connectivity index (χ3n) is 3.84. The van der Waals surface area contributed by atoms with Crippen molar-refractivity contribution in [1.82, 2.24) is 10.2 Å². The van der Waals surface area contributed by atoms with Gasteiger partial charge in [-0.25, -0.2) is 4.79 Å². The molecule has 1 aromatic rings. The van der Waals surface area contributed by atoms with Crippen LogP contribution in [0, 0.1) is 0 Å². The average molecular weight is 336 g/mol. The van der Waals surface area contributed by atoms with Gasteiger partial charge < -0.3 is 24.4 Å². The van der Waals surface area contributed by atoms with E-state index in [0.717, 1.165) is 24.3 Å². The predicted octanol–water partition coefficient (Wildman–Crippen LogP) is 2.46. The monoisotopic (exact) mass is 336 g/mol. The lowest BCUT2D eigenvalue weighted by Crippen LogP contribution is -2.54. The molecule has 0 bridgehead atoms. The summed E-state index contributed by atoms with van der Waals surface area (Å²) in [5, 5.41) is 3.46. The predicted molar refractivity (Wildman–Crippen MR) is 92.8 cm³/mol. The lowest BCUT2D eigenvalue weighted by Gasteiger charge is -2.35. The third kappa shape index (κ3) is 5.03. The minimum atomic E-state index is -0.471. The van der Waals surface area contributed by atoms with Crippen LogP contribution < -0.4 is 14.8 Å². The highest BCUT2D eigenvalue weighted by atomic mass is 16.6. The van der Waals surface area contributed by atoms with Crippen LogP contribution in [0.15, 0.2) is 18.2 Å². The highest BCUT2D eigenvalue weighted by Crippen LogP contribution is 2.28. The zero-order valence-corrected chi connectivity index (χ0v) is 15.2. The molecule has 1 aliphatic heterocycles. The molecule has 0 aliphatic carbocycles. The number of carbonyl (C=O) groups is 1. The van der Waals surface area contributed by atoms with E-state index in [1.165, 1.54) is 0 Å². The summed E-state index contributed by atoms with van der Waals surface area (Å²) < 4.78 is 16.1. The second kappa shape index (κ2) is 7.75. The normalized spacial score (nSPS) is 18.2. The Morgan fingerprint density at radius 2 is 1.96 bits per heavy atom. The van der Waals surface area contributed by atoms with Crippen molar-refractivity contribution in [2.24, 2.45) is 0 Å². The lowest BCUT2D eigenvalue weighted by atomic mass is 10.0. The zero-order chi connectivity index (χ0) is 17.7. The van der Waals surface area contributed by atoms with Crippen molar-refractivity contribution in [3.05, 3.63) is 23.8 Å². The second-order valence-electron chi connectivity index (χ2n) is 6.97. The molecule has 0 radical (unpaired) electrons. The van der Waals surface area contributed by atoms with Crippen LogP contribution >= 0.6 is 0 Å². The summed E-state index contributed by atoms with van der Waals surface area (Å²) in [4.78, 5) is 14.0. The standard InChI is InChI=1S/C18H28N2O4/c1-18(2,3)24-17(21)20-9-8-19-14(12-20)10-13-6-7-15(22-4)16(11-13)23-5/h6-7,11,14,19H,8-10,12H2,1-5H3/t14-/m1/s1. The minimum Gasteiger partial charge on any atom is -0.493 e. The molecule has 1 fully saturated rings. The van der Waals surface area contributed by atoms with E-state index in [0.29, 0.717) is 18.8 Å². The van der Waals surface area contributed by atoms with Gasteiger partial charge in [0.15, 0.2) is 11.5 Å². The lowest BCUT2D eigenvalue weighted by molar-refractivity contribution is 0.0195. The Balaban J connectivity index is 1.99. The minimum absolute atomic E-state index is 0.185. The number of rotatable bonds is 4. The summed E-state index contributed by atoms with van der Waals surface area (Å²) in [6.45, 7) is 7.70. The van der Waals surface area contributed by atoms with Crippen LogP contribution in [0.2, 0.25) is 0 Å². The van der Waals surface area contributed by atoms with Crippen molar-refractivity contribution in [1.29, 1.82) is 0 Å². The van der Waals surface area contributed by atoms with Crippen LogP contribution in [-0.2, 0) is 11.2 Å². The number of nitrogens with one attached hydrogen (secondary N) is 1. The van der Waals surface area contributed by atoms with Crippen molar-refractivity contribution in [2.45, 2.75) is 38.8 Å². The zero-order valence-electron chi connectivity index (χ0n) is 15.2. The van der Waals surface area contributed by atoms with Crippen molar-refractivity contribution in [3.63, 3.8) is 0 Å². The van der Waals surface area contributed by atoms with E-state index in [2.05, 4.69) is 5.32 Å². The fourth-order valence-corrected chi connectivity index (χ4v) is 2.75. The van der Waals surface area contributed by atoms with E-state index in [1.54, 1.807) is 19.1 Å². The van der Waals surface area contributed by atoms with Gasteiger partial charge in [-0.3, -0.25) is 0 Å². The quantitative estimate of drug-likeness (QED) is 0.915. The topological polar surface area (TPSA) is 60.0 Å². The summed E-state index contributed by atoms with van der Waals surface area (Å²) in [6.07, 6.45) is 0.556. The van der Waals surface area contributed by atoms with Gasteiger partial charge in [-0.1, -0.05) is 6.07 Å². The first-order valence-electron chi connectivity index (χ1n) is 8.24. The van der Waals surface area contributed by atoms with Crippen LogP contribution in [0.3, 0.4) is 0 Å². The molecule has 2 rings (SSSR count). The Morgan fingerprint density at radius 3 is 2.58 bits per heavy atom. The fraction of sp³-hybridized carbons (Fsp3) is 0.611. The molecule has 1 saturated heterocycles. The van der Waals surface area contributed by atoms with Gasteiger partial charge in [-0.2, -0.15) is 0 Å². The number of methoxy groups -OCH3 is 2. The molecule has 0 unspecified atom stereocenters. The number of hydrogen-bond acceptors (Lipinski definition) is 5. The molecular formula is C18H28N2O4. The van der Waals surface area contributed by atoms with Gasteiger partial charge in [-0.05, 0) is 44.9 Å². The Bertz CT molecular complexity index is 569. The summed E-state index contributed by atoms with van der Waals surface area (Å²) in [5.41, 5.74) is 0.664. The second-order valence-corrected chi connectivity index (χ2v) is 6.97. The van der Waals surface area contributed by atoms with Gasteiger partial charge in [0, 0.05) is 25.7 Å². The van der Waals surface area contributed by atoms with Gasteiger partial charge in [0.1, 0.15) is 5.60 Å². The summed E-state index contributed by atoms with van der Waals surface area (Å²) in [6, 6.07) is 6.09. The number of carbonyl (C=O) groups excluding carboxylic acids is 1. The first-order valence-corrected chi connectivity index (χ1v) is 8.24. The number of piperazine rings is 1. The molecule has 24 heavy (non-hydrogen) atoms. The molecule has 1 N–H and O–H groups in total. The number of amides is 1. The average Bonchev–Trinajstić information content (AvgIpc) is 2.53. The molecule has 0 saturated carbocycles. The molecule has 0 aromatic heterocycles. The van der Waals surface area contributed by atoms with Gasteiger partial charge in [-0.15, -0.1) is 0 Å². The van der Waals surface area contributed by atoms with Gasteiger partial charge in [0.05, 0.1) is 14.2 Å². The summed E-state index contributed by atoms with van der Waals surface area (Å²) >= 11 is 0. The Morgan fingerprint density at radius 1 is 1.25 bits per heavy atom. The third-order valence-corrected chi connectivity index (χ3v) is 3.84. The fourth-order valence-electron chi connectivity index (χ4n) is 2.75. The molecule has 1 aliphatic rings. The molecule has 0 spiro atoms. The maximum Gasteiger partial charge on any atom is 0.410 e. The molecule has 1 amide bonds.